The Morgan fingerprint density at radius 1 is 1.44 bits per heavy atom. The number of hydrogen-bond donors (Lipinski definition) is 0. The molecule has 1 rings (SSSR count). The van der Waals surface area contributed by atoms with Gasteiger partial charge in [-0.15, -0.1) is 0 Å². The third kappa shape index (κ3) is 3.96. The first kappa shape index (κ1) is 13.2. The summed E-state index contributed by atoms with van der Waals surface area (Å²) in [4.78, 5) is 2.19. The predicted octanol–water partition coefficient (Wildman–Crippen LogP) is 3.43. The molecule has 0 bridgehead atoms. The molecule has 0 heterocycles. The zero-order valence-corrected chi connectivity index (χ0v) is 11.4. The van der Waals surface area contributed by atoms with Crippen LogP contribution >= 0.6 is 15.9 Å². The average Bonchev–Trinajstić information content (AvgIpc) is 2.29. The number of nitrogens with zero attached hydrogens (tertiary/aromatic N) is 2. The number of benzene rings is 1. The molecule has 1 unspecified atom stereocenters. The molecule has 1 aromatic rings. The van der Waals surface area contributed by atoms with E-state index in [-0.39, 0.29) is 5.92 Å². The lowest BCUT2D eigenvalue weighted by molar-refractivity contribution is 0.292. The highest BCUT2D eigenvalue weighted by atomic mass is 79.9. The number of hydrogen-bond acceptors (Lipinski definition) is 2. The fraction of sp³-hybridized carbons (Fsp3) is 0.462. The molecule has 1 aromatic carbocycles. The Hall–Kier alpha value is -0.850. The maximum Gasteiger partial charge on any atom is 0.0669 e. The molecule has 16 heavy (non-hydrogen) atoms. The normalized spacial score (nSPS) is 12.4. The Morgan fingerprint density at radius 2 is 2.12 bits per heavy atom. The van der Waals surface area contributed by atoms with E-state index in [0.29, 0.717) is 0 Å². The van der Waals surface area contributed by atoms with Crippen molar-refractivity contribution in [2.24, 2.45) is 5.92 Å². The van der Waals surface area contributed by atoms with Crippen molar-refractivity contribution in [1.82, 2.24) is 4.90 Å². The average molecular weight is 281 g/mol. The lowest BCUT2D eigenvalue weighted by Crippen LogP contribution is -2.24. The molecule has 0 spiro atoms. The summed E-state index contributed by atoms with van der Waals surface area (Å²) in [5.74, 6) is 0.132. The molecule has 0 saturated heterocycles. The SMILES string of the molecule is CCC(C#N)CN(C)Cc1ccccc1Br. The van der Waals surface area contributed by atoms with Crippen molar-refractivity contribution in [2.75, 3.05) is 13.6 Å². The zero-order valence-electron chi connectivity index (χ0n) is 9.78. The van der Waals surface area contributed by atoms with Gasteiger partial charge in [-0.3, -0.25) is 0 Å². The van der Waals surface area contributed by atoms with Gasteiger partial charge < -0.3 is 4.90 Å². The third-order valence-electron chi connectivity index (χ3n) is 2.61. The van der Waals surface area contributed by atoms with Gasteiger partial charge in [-0.05, 0) is 25.1 Å². The summed E-state index contributed by atoms with van der Waals surface area (Å²) in [6, 6.07) is 10.5. The molecule has 0 amide bonds. The summed E-state index contributed by atoms with van der Waals surface area (Å²) in [5.41, 5.74) is 1.26. The minimum absolute atomic E-state index is 0.132. The molecule has 0 radical (unpaired) electrons. The van der Waals surface area contributed by atoms with Crippen LogP contribution in [-0.2, 0) is 6.54 Å². The van der Waals surface area contributed by atoms with Crippen molar-refractivity contribution in [3.63, 3.8) is 0 Å². The van der Waals surface area contributed by atoms with Crippen molar-refractivity contribution >= 4 is 15.9 Å². The number of nitriles is 1. The topological polar surface area (TPSA) is 27.0 Å². The Kier molecular flexibility index (Phi) is 5.51. The van der Waals surface area contributed by atoms with Crippen LogP contribution in [0.4, 0.5) is 0 Å². The molecule has 0 saturated carbocycles. The van der Waals surface area contributed by atoms with Gasteiger partial charge in [0, 0.05) is 17.6 Å². The maximum atomic E-state index is 8.91. The van der Waals surface area contributed by atoms with Crippen molar-refractivity contribution in [3.8, 4) is 6.07 Å². The van der Waals surface area contributed by atoms with Crippen LogP contribution in [0.5, 0.6) is 0 Å². The highest BCUT2D eigenvalue weighted by Gasteiger charge is 2.09. The van der Waals surface area contributed by atoms with Crippen molar-refractivity contribution in [2.45, 2.75) is 19.9 Å². The predicted molar refractivity (Wildman–Crippen MR) is 69.9 cm³/mol. The number of halogens is 1. The highest BCUT2D eigenvalue weighted by Crippen LogP contribution is 2.17. The lowest BCUT2D eigenvalue weighted by Gasteiger charge is -2.19. The van der Waals surface area contributed by atoms with Crippen LogP contribution in [0.3, 0.4) is 0 Å². The second-order valence-electron chi connectivity index (χ2n) is 4.02. The summed E-state index contributed by atoms with van der Waals surface area (Å²) in [6.45, 7) is 3.76. The first-order chi connectivity index (χ1) is 7.67. The quantitative estimate of drug-likeness (QED) is 0.826. The molecule has 86 valence electrons. The summed E-state index contributed by atoms with van der Waals surface area (Å²) in [7, 11) is 2.06. The zero-order chi connectivity index (χ0) is 12.0. The number of rotatable bonds is 5. The second kappa shape index (κ2) is 6.67. The van der Waals surface area contributed by atoms with Gasteiger partial charge in [0.25, 0.3) is 0 Å². The summed E-state index contributed by atoms with van der Waals surface area (Å²) >= 11 is 3.53. The fourth-order valence-electron chi connectivity index (χ4n) is 1.62. The standard InChI is InChI=1S/C13H17BrN2/c1-3-11(8-15)9-16(2)10-12-6-4-5-7-13(12)14/h4-7,11H,3,9-10H2,1-2H3. The monoisotopic (exact) mass is 280 g/mol. The molecule has 0 fully saturated rings. The van der Waals surface area contributed by atoms with Gasteiger partial charge in [-0.25, -0.2) is 0 Å². The molecule has 0 N–H and O–H groups in total. The van der Waals surface area contributed by atoms with E-state index >= 15 is 0 Å². The molecule has 0 aliphatic heterocycles. The Balaban J connectivity index is 2.55. The molecule has 0 aliphatic carbocycles. The molecule has 0 aliphatic rings. The van der Waals surface area contributed by atoms with E-state index in [4.69, 9.17) is 5.26 Å². The minimum Gasteiger partial charge on any atom is -0.301 e. The largest absolute Gasteiger partial charge is 0.301 e. The smallest absolute Gasteiger partial charge is 0.0669 e. The van der Waals surface area contributed by atoms with E-state index in [1.807, 2.05) is 18.2 Å². The molecular formula is C13H17BrN2. The van der Waals surface area contributed by atoms with E-state index in [0.717, 1.165) is 24.0 Å². The maximum absolute atomic E-state index is 8.91. The van der Waals surface area contributed by atoms with Gasteiger partial charge in [0.15, 0.2) is 0 Å². The molecule has 1 atom stereocenters. The van der Waals surface area contributed by atoms with Crippen LogP contribution in [-0.4, -0.2) is 18.5 Å². The summed E-state index contributed by atoms with van der Waals surface area (Å²) in [6.07, 6.45) is 0.913. The summed E-state index contributed by atoms with van der Waals surface area (Å²) in [5, 5.41) is 8.91. The van der Waals surface area contributed by atoms with Gasteiger partial charge in [0.05, 0.1) is 12.0 Å². The van der Waals surface area contributed by atoms with Gasteiger partial charge in [-0.2, -0.15) is 5.26 Å². The van der Waals surface area contributed by atoms with Crippen LogP contribution in [0.15, 0.2) is 28.7 Å². The van der Waals surface area contributed by atoms with E-state index in [9.17, 15) is 0 Å². The van der Waals surface area contributed by atoms with Gasteiger partial charge >= 0.3 is 0 Å². The molecular weight excluding hydrogens is 264 g/mol. The lowest BCUT2D eigenvalue weighted by atomic mass is 10.1. The molecule has 3 heteroatoms. The Morgan fingerprint density at radius 3 is 2.69 bits per heavy atom. The minimum atomic E-state index is 0.132. The van der Waals surface area contributed by atoms with Crippen LogP contribution in [0.2, 0.25) is 0 Å². The summed E-state index contributed by atoms with van der Waals surface area (Å²) < 4.78 is 1.13. The Labute approximate surface area is 106 Å². The van der Waals surface area contributed by atoms with E-state index in [1.165, 1.54) is 5.56 Å². The van der Waals surface area contributed by atoms with Crippen molar-refractivity contribution in [3.05, 3.63) is 34.3 Å². The molecule has 0 aromatic heterocycles. The van der Waals surface area contributed by atoms with Crippen LogP contribution in [0, 0.1) is 17.2 Å². The fourth-order valence-corrected chi connectivity index (χ4v) is 2.03. The first-order valence-corrected chi connectivity index (χ1v) is 6.28. The van der Waals surface area contributed by atoms with Gasteiger partial charge in [-0.1, -0.05) is 41.1 Å². The van der Waals surface area contributed by atoms with Gasteiger partial charge in [0.2, 0.25) is 0 Å². The third-order valence-corrected chi connectivity index (χ3v) is 3.38. The van der Waals surface area contributed by atoms with E-state index < -0.39 is 0 Å². The van der Waals surface area contributed by atoms with E-state index in [1.54, 1.807) is 0 Å². The van der Waals surface area contributed by atoms with Crippen LogP contribution in [0.25, 0.3) is 0 Å². The highest BCUT2D eigenvalue weighted by molar-refractivity contribution is 9.10. The van der Waals surface area contributed by atoms with Gasteiger partial charge in [0.1, 0.15) is 0 Å². The van der Waals surface area contributed by atoms with Crippen LogP contribution in [0.1, 0.15) is 18.9 Å². The van der Waals surface area contributed by atoms with Crippen LogP contribution < -0.4 is 0 Å². The van der Waals surface area contributed by atoms with Crippen molar-refractivity contribution in [1.29, 1.82) is 5.26 Å². The first-order valence-electron chi connectivity index (χ1n) is 5.49. The van der Waals surface area contributed by atoms with Crippen molar-refractivity contribution < 1.29 is 0 Å². The Bertz CT molecular complexity index is 370. The molecule has 2 nitrogen and oxygen atoms in total. The second-order valence-corrected chi connectivity index (χ2v) is 4.88. The van der Waals surface area contributed by atoms with E-state index in [2.05, 4.69) is 46.9 Å².